The Morgan fingerprint density at radius 1 is 1.33 bits per heavy atom. The quantitative estimate of drug-likeness (QED) is 0.500. The van der Waals surface area contributed by atoms with E-state index in [1.807, 2.05) is 42.1 Å². The SMILES string of the molecule is C=C1C(Nc2nccc(-c3cn(C)c4ccccc34)n2)=C(OC)CC(F)=C1[N+](=O)[O-]. The number of allylic oxidation sites excluding steroid dienone is 1. The van der Waals surface area contributed by atoms with Gasteiger partial charge in [0.2, 0.25) is 5.95 Å². The molecule has 0 spiro atoms. The van der Waals surface area contributed by atoms with Crippen LogP contribution in [0.2, 0.25) is 0 Å². The van der Waals surface area contributed by atoms with Crippen LogP contribution in [0.25, 0.3) is 22.2 Å². The molecule has 3 aromatic rings. The summed E-state index contributed by atoms with van der Waals surface area (Å²) in [6.07, 6.45) is 3.20. The fourth-order valence-electron chi connectivity index (χ4n) is 3.52. The number of halogens is 1. The van der Waals surface area contributed by atoms with Gasteiger partial charge in [0.1, 0.15) is 5.76 Å². The summed E-state index contributed by atoms with van der Waals surface area (Å²) in [7, 11) is 3.32. The standard InChI is InChI=1S/C21H18FN5O3/c1-12-19(18(30-3)10-15(22)20(12)27(28)29)25-21-23-9-8-16(24-21)14-11-26(2)17-7-5-4-6-13(14)17/h4-9,11H,1,10H2,2-3H3,(H,23,24,25). The summed E-state index contributed by atoms with van der Waals surface area (Å²) in [5, 5.41) is 15.2. The lowest BCUT2D eigenvalue weighted by Crippen LogP contribution is -2.19. The number of aryl methyl sites for hydroxylation is 1. The van der Waals surface area contributed by atoms with Crippen LogP contribution < -0.4 is 5.32 Å². The van der Waals surface area contributed by atoms with Crippen molar-refractivity contribution in [2.45, 2.75) is 6.42 Å². The number of para-hydroxylation sites is 1. The van der Waals surface area contributed by atoms with Gasteiger partial charge in [-0.2, -0.15) is 0 Å². The van der Waals surface area contributed by atoms with Crippen LogP contribution in [0.3, 0.4) is 0 Å². The smallest absolute Gasteiger partial charge is 0.309 e. The van der Waals surface area contributed by atoms with Crippen molar-refractivity contribution in [2.24, 2.45) is 7.05 Å². The highest BCUT2D eigenvalue weighted by Crippen LogP contribution is 2.35. The molecule has 0 aliphatic heterocycles. The highest BCUT2D eigenvalue weighted by molar-refractivity contribution is 5.95. The molecule has 1 aromatic carbocycles. The number of nitro groups is 1. The van der Waals surface area contributed by atoms with Crippen LogP contribution in [0.15, 0.2) is 77.9 Å². The zero-order chi connectivity index (χ0) is 21.4. The predicted octanol–water partition coefficient (Wildman–Crippen LogP) is 4.32. The number of anilines is 1. The first-order valence-corrected chi connectivity index (χ1v) is 9.05. The number of nitrogens with one attached hydrogen (secondary N) is 1. The fourth-order valence-corrected chi connectivity index (χ4v) is 3.52. The van der Waals surface area contributed by atoms with E-state index in [9.17, 15) is 14.5 Å². The zero-order valence-electron chi connectivity index (χ0n) is 16.3. The maximum absolute atomic E-state index is 14.1. The molecular formula is C21H18FN5O3. The number of fused-ring (bicyclic) bond motifs is 1. The van der Waals surface area contributed by atoms with Crippen LogP contribution in [0.5, 0.6) is 0 Å². The van der Waals surface area contributed by atoms with E-state index in [1.54, 1.807) is 12.3 Å². The molecule has 4 rings (SSSR count). The Balaban J connectivity index is 1.73. The number of benzene rings is 1. The normalized spacial score (nSPS) is 14.4. The van der Waals surface area contributed by atoms with Gasteiger partial charge in [-0.1, -0.05) is 24.8 Å². The number of nitrogens with zero attached hydrogens (tertiary/aromatic N) is 4. The molecule has 1 N–H and O–H groups in total. The van der Waals surface area contributed by atoms with E-state index in [4.69, 9.17) is 4.74 Å². The molecular weight excluding hydrogens is 389 g/mol. The predicted molar refractivity (Wildman–Crippen MR) is 110 cm³/mol. The number of methoxy groups -OCH3 is 1. The number of hydrogen-bond acceptors (Lipinski definition) is 6. The number of hydrogen-bond donors (Lipinski definition) is 1. The Kier molecular flexibility index (Phi) is 4.78. The molecule has 1 aliphatic carbocycles. The summed E-state index contributed by atoms with van der Waals surface area (Å²) >= 11 is 0. The van der Waals surface area contributed by atoms with E-state index in [0.29, 0.717) is 5.69 Å². The van der Waals surface area contributed by atoms with E-state index in [2.05, 4.69) is 21.9 Å². The lowest BCUT2D eigenvalue weighted by molar-refractivity contribution is -0.423. The lowest BCUT2D eigenvalue weighted by Gasteiger charge is -2.20. The van der Waals surface area contributed by atoms with Crippen molar-refractivity contribution in [3.8, 4) is 11.3 Å². The van der Waals surface area contributed by atoms with Crippen LogP contribution in [0.4, 0.5) is 10.3 Å². The van der Waals surface area contributed by atoms with Gasteiger partial charge in [0.25, 0.3) is 0 Å². The van der Waals surface area contributed by atoms with Gasteiger partial charge in [0.05, 0.1) is 35.4 Å². The Morgan fingerprint density at radius 3 is 2.83 bits per heavy atom. The van der Waals surface area contributed by atoms with Crippen molar-refractivity contribution in [1.29, 1.82) is 0 Å². The van der Waals surface area contributed by atoms with Crippen molar-refractivity contribution in [2.75, 3.05) is 12.4 Å². The van der Waals surface area contributed by atoms with Gasteiger partial charge < -0.3 is 14.6 Å². The van der Waals surface area contributed by atoms with E-state index in [0.717, 1.165) is 16.5 Å². The third kappa shape index (κ3) is 3.20. The maximum Gasteiger partial charge on any atom is 0.309 e. The second-order valence-electron chi connectivity index (χ2n) is 6.73. The highest BCUT2D eigenvalue weighted by atomic mass is 19.1. The minimum atomic E-state index is -0.905. The molecule has 0 radical (unpaired) electrons. The zero-order valence-corrected chi connectivity index (χ0v) is 16.3. The van der Waals surface area contributed by atoms with Gasteiger partial charge in [0.15, 0.2) is 5.83 Å². The third-order valence-electron chi connectivity index (χ3n) is 4.93. The van der Waals surface area contributed by atoms with Gasteiger partial charge in [-0.05, 0) is 12.1 Å². The highest BCUT2D eigenvalue weighted by Gasteiger charge is 2.34. The van der Waals surface area contributed by atoms with Crippen molar-refractivity contribution < 1.29 is 14.1 Å². The Morgan fingerprint density at radius 2 is 2.10 bits per heavy atom. The number of ether oxygens (including phenoxy) is 1. The minimum Gasteiger partial charge on any atom is -0.498 e. The summed E-state index contributed by atoms with van der Waals surface area (Å²) < 4.78 is 21.4. The first-order chi connectivity index (χ1) is 14.4. The second kappa shape index (κ2) is 7.43. The number of rotatable bonds is 5. The molecule has 152 valence electrons. The van der Waals surface area contributed by atoms with Crippen LogP contribution in [0, 0.1) is 10.1 Å². The average Bonchev–Trinajstić information content (AvgIpc) is 3.07. The summed E-state index contributed by atoms with van der Waals surface area (Å²) in [6.45, 7) is 3.67. The topological polar surface area (TPSA) is 95.1 Å². The molecule has 0 fully saturated rings. The van der Waals surface area contributed by atoms with Gasteiger partial charge in [-0.15, -0.1) is 0 Å². The summed E-state index contributed by atoms with van der Waals surface area (Å²) in [4.78, 5) is 19.2. The monoisotopic (exact) mass is 407 g/mol. The minimum absolute atomic E-state index is 0.125. The van der Waals surface area contributed by atoms with Crippen LogP contribution in [-0.2, 0) is 11.8 Å². The molecule has 2 aromatic heterocycles. The molecule has 0 amide bonds. The largest absolute Gasteiger partial charge is 0.498 e. The molecule has 2 heterocycles. The molecule has 0 atom stereocenters. The van der Waals surface area contributed by atoms with Gasteiger partial charge in [0, 0.05) is 35.9 Å². The first kappa shape index (κ1) is 19.3. The fraction of sp³-hybridized carbons (Fsp3) is 0.143. The second-order valence-corrected chi connectivity index (χ2v) is 6.73. The summed E-state index contributed by atoms with van der Waals surface area (Å²) in [6, 6.07) is 9.71. The van der Waals surface area contributed by atoms with E-state index >= 15 is 0 Å². The van der Waals surface area contributed by atoms with E-state index < -0.39 is 16.4 Å². The Labute approximate surface area is 171 Å². The molecule has 8 nitrogen and oxygen atoms in total. The molecule has 0 bridgehead atoms. The Bertz CT molecular complexity index is 1260. The van der Waals surface area contributed by atoms with Crippen LogP contribution in [-0.4, -0.2) is 26.6 Å². The summed E-state index contributed by atoms with van der Waals surface area (Å²) in [5.74, 6) is -0.531. The van der Waals surface area contributed by atoms with Crippen LogP contribution >= 0.6 is 0 Å². The summed E-state index contributed by atoms with van der Waals surface area (Å²) in [5.41, 5.74) is 2.02. The van der Waals surface area contributed by atoms with Gasteiger partial charge in [-0.25, -0.2) is 14.4 Å². The van der Waals surface area contributed by atoms with Crippen LogP contribution in [0.1, 0.15) is 6.42 Å². The van der Waals surface area contributed by atoms with Crippen molar-refractivity contribution in [3.63, 3.8) is 0 Å². The van der Waals surface area contributed by atoms with Crippen molar-refractivity contribution in [1.82, 2.24) is 14.5 Å². The first-order valence-electron chi connectivity index (χ1n) is 9.05. The molecule has 1 aliphatic rings. The van der Waals surface area contributed by atoms with Gasteiger partial charge in [-0.3, -0.25) is 10.1 Å². The molecule has 0 saturated carbocycles. The maximum atomic E-state index is 14.1. The Hall–Kier alpha value is -4.01. The average molecular weight is 407 g/mol. The van der Waals surface area contributed by atoms with Crippen molar-refractivity contribution >= 4 is 16.9 Å². The molecule has 9 heteroatoms. The molecule has 30 heavy (non-hydrogen) atoms. The molecule has 0 saturated heterocycles. The van der Waals surface area contributed by atoms with Crippen molar-refractivity contribution in [3.05, 3.63) is 88.0 Å². The van der Waals surface area contributed by atoms with E-state index in [-0.39, 0.29) is 29.4 Å². The lowest BCUT2D eigenvalue weighted by atomic mass is 10.0. The molecule has 0 unspecified atom stereocenters. The number of aromatic nitrogens is 3. The van der Waals surface area contributed by atoms with E-state index in [1.165, 1.54) is 7.11 Å². The van der Waals surface area contributed by atoms with Gasteiger partial charge >= 0.3 is 5.70 Å². The third-order valence-corrected chi connectivity index (χ3v) is 4.93.